The molecular weight excluding hydrogens is 441 g/mol. The zero-order valence-electron chi connectivity index (χ0n) is 15.3. The van der Waals surface area contributed by atoms with Crippen molar-refractivity contribution in [3.8, 4) is 17.2 Å². The molecule has 0 saturated heterocycles. The Labute approximate surface area is 171 Å². The molecule has 1 aromatic heterocycles. The second-order valence-electron chi connectivity index (χ2n) is 5.66. The largest absolute Gasteiger partial charge is 1.00 e. The minimum Gasteiger partial charge on any atom is -1.00 e. The van der Waals surface area contributed by atoms with Crippen molar-refractivity contribution < 1.29 is 42.8 Å². The third kappa shape index (κ3) is 3.93. The molecule has 0 amide bonds. The fourth-order valence-electron chi connectivity index (χ4n) is 2.89. The van der Waals surface area contributed by atoms with Gasteiger partial charge in [0.15, 0.2) is 11.5 Å². The molecule has 3 rings (SSSR count). The zero-order valence-corrected chi connectivity index (χ0v) is 17.5. The van der Waals surface area contributed by atoms with Crippen molar-refractivity contribution >= 4 is 23.1 Å². The molecule has 0 N–H and O–H groups in total. The summed E-state index contributed by atoms with van der Waals surface area (Å²) in [5, 5.41) is 1.21. The Morgan fingerprint density at radius 3 is 2.12 bits per heavy atom. The van der Waals surface area contributed by atoms with Crippen LogP contribution in [0.25, 0.3) is 23.1 Å². The number of aryl methyl sites for hydroxylation is 1. The number of methoxy groups -OCH3 is 3. The molecule has 0 unspecified atom stereocenters. The normalized spacial score (nSPS) is 10.6. The highest BCUT2D eigenvalue weighted by Gasteiger charge is 2.12. The van der Waals surface area contributed by atoms with E-state index < -0.39 is 0 Å². The summed E-state index contributed by atoms with van der Waals surface area (Å²) in [6.45, 7) is 0. The predicted octanol–water partition coefficient (Wildman–Crippen LogP) is 0.864. The van der Waals surface area contributed by atoms with Crippen LogP contribution in [-0.4, -0.2) is 21.3 Å². The number of aromatic nitrogens is 1. The lowest BCUT2D eigenvalue weighted by molar-refractivity contribution is -0.646. The van der Waals surface area contributed by atoms with Gasteiger partial charge < -0.3 is 38.2 Å². The lowest BCUT2D eigenvalue weighted by Gasteiger charge is -2.12. The molecule has 26 heavy (non-hydrogen) atoms. The summed E-state index contributed by atoms with van der Waals surface area (Å²) in [5.74, 6) is 2.05. The van der Waals surface area contributed by atoms with E-state index in [1.165, 1.54) is 10.9 Å². The highest BCUT2D eigenvalue weighted by Crippen LogP contribution is 2.35. The summed E-state index contributed by atoms with van der Waals surface area (Å²) >= 11 is 0. The van der Waals surface area contributed by atoms with E-state index in [0.29, 0.717) is 11.5 Å². The monoisotopic (exact) mass is 463 g/mol. The smallest absolute Gasteiger partial charge is 0.212 e. The number of pyridine rings is 1. The van der Waals surface area contributed by atoms with Crippen LogP contribution in [0.1, 0.15) is 11.3 Å². The summed E-state index contributed by atoms with van der Waals surface area (Å²) in [4.78, 5) is 0. The molecule has 0 atom stereocenters. The lowest BCUT2D eigenvalue weighted by Crippen LogP contribution is -3.00. The minimum absolute atomic E-state index is 0. The molecule has 2 aromatic carbocycles. The van der Waals surface area contributed by atoms with Crippen LogP contribution in [0, 0.1) is 0 Å². The van der Waals surface area contributed by atoms with Crippen molar-refractivity contribution in [1.82, 2.24) is 0 Å². The number of para-hydroxylation sites is 1. The molecule has 3 aromatic rings. The molecule has 0 bridgehead atoms. The third-order valence-corrected chi connectivity index (χ3v) is 4.29. The molecule has 1 heterocycles. The Bertz CT molecular complexity index is 938. The second kappa shape index (κ2) is 8.89. The van der Waals surface area contributed by atoms with Gasteiger partial charge in [0.25, 0.3) is 0 Å². The molecule has 136 valence electrons. The first kappa shape index (κ1) is 20.0. The SMILES string of the molecule is COc1cc(OC)c(OC)cc1/C=C\c1ccc2ccccc2[n+]1C.[I-]. The second-order valence-corrected chi connectivity index (χ2v) is 5.66. The number of fused-ring (bicyclic) bond motifs is 1. The molecule has 0 saturated carbocycles. The van der Waals surface area contributed by atoms with Crippen LogP contribution in [0.5, 0.6) is 17.2 Å². The minimum atomic E-state index is 0. The van der Waals surface area contributed by atoms with E-state index in [9.17, 15) is 0 Å². The fraction of sp³-hybridized carbons (Fsp3) is 0.190. The Hall–Kier alpha value is -2.28. The predicted molar refractivity (Wildman–Crippen MR) is 100 cm³/mol. The van der Waals surface area contributed by atoms with Gasteiger partial charge in [0.2, 0.25) is 11.2 Å². The van der Waals surface area contributed by atoms with Crippen molar-refractivity contribution in [1.29, 1.82) is 0 Å². The van der Waals surface area contributed by atoms with Crippen LogP contribution in [0.2, 0.25) is 0 Å². The maximum absolute atomic E-state index is 5.48. The Morgan fingerprint density at radius 1 is 0.769 bits per heavy atom. The average molecular weight is 463 g/mol. The van der Waals surface area contributed by atoms with Gasteiger partial charge in [-0.2, -0.15) is 4.57 Å². The van der Waals surface area contributed by atoms with Crippen LogP contribution in [0.15, 0.2) is 48.5 Å². The lowest BCUT2D eigenvalue weighted by atomic mass is 10.1. The molecule has 0 spiro atoms. The third-order valence-electron chi connectivity index (χ3n) is 4.29. The van der Waals surface area contributed by atoms with E-state index in [0.717, 1.165) is 17.0 Å². The molecule has 4 nitrogen and oxygen atoms in total. The van der Waals surface area contributed by atoms with Crippen molar-refractivity contribution in [2.24, 2.45) is 7.05 Å². The summed E-state index contributed by atoms with van der Waals surface area (Å²) in [7, 11) is 6.95. The van der Waals surface area contributed by atoms with Gasteiger partial charge in [-0.3, -0.25) is 0 Å². The number of ether oxygens (including phenoxy) is 3. The Morgan fingerprint density at radius 2 is 1.42 bits per heavy atom. The van der Waals surface area contributed by atoms with E-state index in [1.807, 2.05) is 30.3 Å². The van der Waals surface area contributed by atoms with Gasteiger partial charge in [0.05, 0.1) is 21.3 Å². The summed E-state index contributed by atoms with van der Waals surface area (Å²) in [6.07, 6.45) is 4.08. The van der Waals surface area contributed by atoms with Gasteiger partial charge in [-0.05, 0) is 24.3 Å². The maximum Gasteiger partial charge on any atom is 0.212 e. The van der Waals surface area contributed by atoms with Gasteiger partial charge in [-0.1, -0.05) is 12.1 Å². The molecular formula is C21H22INO3. The first-order chi connectivity index (χ1) is 12.2. The summed E-state index contributed by atoms with van der Waals surface area (Å²) in [5.41, 5.74) is 3.20. The number of hydrogen-bond acceptors (Lipinski definition) is 3. The first-order valence-electron chi connectivity index (χ1n) is 8.03. The highest BCUT2D eigenvalue weighted by molar-refractivity contribution is 5.78. The first-order valence-corrected chi connectivity index (χ1v) is 8.03. The maximum atomic E-state index is 5.48. The standard InChI is InChI=1S/C21H22NO3.HI/c1-22-17(11-9-15-7-5-6-8-18(15)22)12-10-16-13-20(24-3)21(25-4)14-19(16)23-2;/h5-14H,1-4H3;1H/q+1;/p-1/b12-10-;. The zero-order chi connectivity index (χ0) is 17.8. The van der Waals surface area contributed by atoms with Gasteiger partial charge in [0.1, 0.15) is 12.8 Å². The molecule has 0 fully saturated rings. The molecule has 0 aliphatic rings. The van der Waals surface area contributed by atoms with Crippen LogP contribution in [-0.2, 0) is 7.05 Å². The average Bonchev–Trinajstić information content (AvgIpc) is 2.67. The van der Waals surface area contributed by atoms with Crippen LogP contribution in [0.3, 0.4) is 0 Å². The highest BCUT2D eigenvalue weighted by atomic mass is 127. The number of halogens is 1. The van der Waals surface area contributed by atoms with E-state index in [1.54, 1.807) is 21.3 Å². The molecule has 5 heteroatoms. The van der Waals surface area contributed by atoms with E-state index in [2.05, 4.69) is 42.0 Å². The topological polar surface area (TPSA) is 31.6 Å². The summed E-state index contributed by atoms with van der Waals surface area (Å²) in [6, 6.07) is 16.3. The van der Waals surface area contributed by atoms with Crippen LogP contribution < -0.4 is 42.8 Å². The quantitative estimate of drug-likeness (QED) is 0.416. The summed E-state index contributed by atoms with van der Waals surface area (Å²) < 4.78 is 18.4. The Balaban J connectivity index is 0.00000243. The molecule has 0 aliphatic heterocycles. The van der Waals surface area contributed by atoms with Crippen molar-refractivity contribution in [2.75, 3.05) is 21.3 Å². The van der Waals surface area contributed by atoms with Gasteiger partial charge in [0, 0.05) is 35.2 Å². The number of hydrogen-bond donors (Lipinski definition) is 0. The van der Waals surface area contributed by atoms with Gasteiger partial charge in [-0.25, -0.2) is 0 Å². The van der Waals surface area contributed by atoms with Crippen molar-refractivity contribution in [2.45, 2.75) is 0 Å². The fourth-order valence-corrected chi connectivity index (χ4v) is 2.89. The number of rotatable bonds is 5. The van der Waals surface area contributed by atoms with Crippen molar-refractivity contribution in [3.63, 3.8) is 0 Å². The van der Waals surface area contributed by atoms with E-state index in [-0.39, 0.29) is 24.0 Å². The number of nitrogens with zero attached hydrogens (tertiary/aromatic N) is 1. The molecule has 0 radical (unpaired) electrons. The Kier molecular flexibility index (Phi) is 6.85. The van der Waals surface area contributed by atoms with Crippen LogP contribution in [0.4, 0.5) is 0 Å². The van der Waals surface area contributed by atoms with Crippen LogP contribution >= 0.6 is 0 Å². The van der Waals surface area contributed by atoms with Gasteiger partial charge >= 0.3 is 0 Å². The van der Waals surface area contributed by atoms with E-state index >= 15 is 0 Å². The van der Waals surface area contributed by atoms with E-state index in [4.69, 9.17) is 14.2 Å². The van der Waals surface area contributed by atoms with Crippen molar-refractivity contribution in [3.05, 3.63) is 59.8 Å². The molecule has 0 aliphatic carbocycles. The van der Waals surface area contributed by atoms with Gasteiger partial charge in [-0.15, -0.1) is 0 Å². The number of benzene rings is 2.